The monoisotopic (exact) mass is 457 g/mol. The molecular formula is C25H23N5O2S. The smallest absolute Gasteiger partial charge is 0.268 e. The molecule has 0 aliphatic heterocycles. The molecule has 2 aromatic carbocycles. The van der Waals surface area contributed by atoms with Gasteiger partial charge in [-0.2, -0.15) is 5.26 Å². The molecule has 0 saturated carbocycles. The molecule has 0 fully saturated rings. The number of anilines is 1. The summed E-state index contributed by atoms with van der Waals surface area (Å²) >= 11 is 1.30. The Hall–Kier alpha value is -3.96. The topological polar surface area (TPSA) is 92.8 Å². The Bertz CT molecular complexity index is 1360. The molecule has 1 amide bonds. The van der Waals surface area contributed by atoms with Crippen LogP contribution in [-0.2, 0) is 17.8 Å². The zero-order valence-electron chi connectivity index (χ0n) is 18.4. The van der Waals surface area contributed by atoms with Crippen LogP contribution in [-0.4, -0.2) is 27.3 Å². The number of aryl methyl sites for hydroxylation is 2. The number of carbonyl (C=O) groups is 1. The maximum atomic E-state index is 12.7. The van der Waals surface area contributed by atoms with Crippen LogP contribution in [0.25, 0.3) is 17.0 Å². The highest BCUT2D eigenvalue weighted by atomic mass is 32.1. The molecule has 7 nitrogen and oxygen atoms in total. The average Bonchev–Trinajstić information content (AvgIpc) is 3.42. The van der Waals surface area contributed by atoms with E-state index in [0.717, 1.165) is 39.2 Å². The molecule has 0 radical (unpaired) electrons. The van der Waals surface area contributed by atoms with E-state index in [1.54, 1.807) is 6.08 Å². The van der Waals surface area contributed by atoms with Crippen LogP contribution in [0.3, 0.4) is 0 Å². The highest BCUT2D eigenvalue weighted by molar-refractivity contribution is 7.15. The van der Waals surface area contributed by atoms with Crippen molar-refractivity contribution >= 4 is 39.4 Å². The van der Waals surface area contributed by atoms with E-state index < -0.39 is 5.91 Å². The molecule has 0 saturated heterocycles. The zero-order valence-corrected chi connectivity index (χ0v) is 19.2. The summed E-state index contributed by atoms with van der Waals surface area (Å²) in [4.78, 5) is 12.7. The second kappa shape index (κ2) is 10.1. The number of ether oxygens (including phenoxy) is 1. The number of carbonyl (C=O) groups excluding carboxylic acids is 1. The van der Waals surface area contributed by atoms with Crippen molar-refractivity contribution in [2.24, 2.45) is 0 Å². The number of rotatable bonds is 8. The summed E-state index contributed by atoms with van der Waals surface area (Å²) in [6.07, 6.45) is 4.29. The fourth-order valence-corrected chi connectivity index (χ4v) is 4.13. The third-order valence-corrected chi connectivity index (χ3v) is 6.05. The lowest BCUT2D eigenvalue weighted by atomic mass is 10.1. The summed E-state index contributed by atoms with van der Waals surface area (Å²) in [5, 5.41) is 22.4. The van der Waals surface area contributed by atoms with E-state index in [1.165, 1.54) is 11.3 Å². The Kier molecular flexibility index (Phi) is 6.81. The van der Waals surface area contributed by atoms with Crippen molar-refractivity contribution in [2.75, 3.05) is 11.9 Å². The lowest BCUT2D eigenvalue weighted by Crippen LogP contribution is -2.13. The first kappa shape index (κ1) is 22.2. The van der Waals surface area contributed by atoms with Crippen LogP contribution in [0.1, 0.15) is 23.1 Å². The van der Waals surface area contributed by atoms with Crippen molar-refractivity contribution in [1.29, 1.82) is 5.26 Å². The summed E-state index contributed by atoms with van der Waals surface area (Å²) < 4.78 is 7.97. The molecular weight excluding hydrogens is 434 g/mol. The molecule has 4 rings (SSSR count). The molecule has 0 aliphatic rings. The third-order valence-electron chi connectivity index (χ3n) is 5.06. The lowest BCUT2D eigenvalue weighted by molar-refractivity contribution is -0.112. The van der Waals surface area contributed by atoms with E-state index in [0.29, 0.717) is 18.3 Å². The van der Waals surface area contributed by atoms with Crippen LogP contribution in [0.15, 0.2) is 60.3 Å². The molecule has 0 spiro atoms. The van der Waals surface area contributed by atoms with E-state index in [-0.39, 0.29) is 5.57 Å². The largest absolute Gasteiger partial charge is 0.492 e. The van der Waals surface area contributed by atoms with Gasteiger partial charge in [0.25, 0.3) is 5.91 Å². The van der Waals surface area contributed by atoms with Crippen molar-refractivity contribution in [1.82, 2.24) is 14.8 Å². The predicted molar refractivity (Wildman–Crippen MR) is 130 cm³/mol. The van der Waals surface area contributed by atoms with Gasteiger partial charge >= 0.3 is 0 Å². The van der Waals surface area contributed by atoms with Gasteiger partial charge in [0.1, 0.15) is 29.0 Å². The summed E-state index contributed by atoms with van der Waals surface area (Å²) in [7, 11) is 0. The van der Waals surface area contributed by atoms with Crippen molar-refractivity contribution in [3.05, 3.63) is 76.4 Å². The third kappa shape index (κ3) is 5.27. The Morgan fingerprint density at radius 2 is 2.09 bits per heavy atom. The van der Waals surface area contributed by atoms with Crippen molar-refractivity contribution in [3.8, 4) is 11.8 Å². The molecule has 1 N–H and O–H groups in total. The van der Waals surface area contributed by atoms with Crippen LogP contribution in [0.4, 0.5) is 5.13 Å². The number of nitriles is 1. The van der Waals surface area contributed by atoms with E-state index in [2.05, 4.69) is 20.1 Å². The summed E-state index contributed by atoms with van der Waals surface area (Å²) in [5.74, 6) is 0.328. The molecule has 0 bridgehead atoms. The number of nitrogens with zero attached hydrogens (tertiary/aromatic N) is 4. The van der Waals surface area contributed by atoms with Crippen LogP contribution in [0.2, 0.25) is 0 Å². The standard InChI is InChI=1S/C25H23N5O2S/c1-3-23-28-29-25(33-23)27-24(31)18(15-26)14-19-16-30(22-10-5-4-9-21(19)22)11-12-32-20-8-6-7-17(2)13-20/h4-10,13-14,16H,3,11-12H2,1-2H3,(H,27,29,31)/b18-14-. The zero-order chi connectivity index (χ0) is 23.2. The summed E-state index contributed by atoms with van der Waals surface area (Å²) in [6, 6.07) is 17.8. The van der Waals surface area contributed by atoms with Gasteiger partial charge in [-0.25, -0.2) is 0 Å². The number of aromatic nitrogens is 3. The highest BCUT2D eigenvalue weighted by Crippen LogP contribution is 2.24. The van der Waals surface area contributed by atoms with Gasteiger partial charge in [-0.05, 0) is 43.2 Å². The molecule has 8 heteroatoms. The average molecular weight is 458 g/mol. The predicted octanol–water partition coefficient (Wildman–Crippen LogP) is 4.99. The fraction of sp³-hybridized carbons (Fsp3) is 0.200. The first-order valence-electron chi connectivity index (χ1n) is 10.6. The van der Waals surface area contributed by atoms with Crippen LogP contribution >= 0.6 is 11.3 Å². The molecule has 0 unspecified atom stereocenters. The van der Waals surface area contributed by atoms with E-state index >= 15 is 0 Å². The highest BCUT2D eigenvalue weighted by Gasteiger charge is 2.14. The molecule has 2 heterocycles. The first-order valence-corrected chi connectivity index (χ1v) is 11.4. The minimum absolute atomic E-state index is 0.00200. The van der Waals surface area contributed by atoms with Gasteiger partial charge in [-0.3, -0.25) is 10.1 Å². The molecule has 0 aliphatic carbocycles. The second-order valence-electron chi connectivity index (χ2n) is 7.44. The Balaban J connectivity index is 1.54. The fourth-order valence-electron chi connectivity index (χ4n) is 3.46. The number of amides is 1. The minimum atomic E-state index is -0.504. The number of para-hydroxylation sites is 1. The van der Waals surface area contributed by atoms with Crippen LogP contribution in [0, 0.1) is 18.3 Å². The number of hydrogen-bond acceptors (Lipinski definition) is 6. The van der Waals surface area contributed by atoms with E-state index in [1.807, 2.05) is 74.6 Å². The van der Waals surface area contributed by atoms with Gasteiger partial charge in [0.2, 0.25) is 5.13 Å². The second-order valence-corrected chi connectivity index (χ2v) is 8.50. The van der Waals surface area contributed by atoms with Crippen molar-refractivity contribution in [3.63, 3.8) is 0 Å². The van der Waals surface area contributed by atoms with Crippen molar-refractivity contribution < 1.29 is 9.53 Å². The number of fused-ring (bicyclic) bond motifs is 1. The van der Waals surface area contributed by atoms with Gasteiger partial charge < -0.3 is 9.30 Å². The van der Waals surface area contributed by atoms with E-state index in [4.69, 9.17) is 4.74 Å². The minimum Gasteiger partial charge on any atom is -0.492 e. The Morgan fingerprint density at radius 1 is 1.24 bits per heavy atom. The molecule has 4 aromatic rings. The Labute approximate surface area is 196 Å². The lowest BCUT2D eigenvalue weighted by Gasteiger charge is -2.08. The number of nitrogens with one attached hydrogen (secondary N) is 1. The number of hydrogen-bond donors (Lipinski definition) is 1. The SMILES string of the molecule is CCc1nnc(NC(=O)/C(C#N)=C\c2cn(CCOc3cccc(C)c3)c3ccccc23)s1. The normalized spacial score (nSPS) is 11.4. The van der Waals surface area contributed by atoms with Crippen molar-refractivity contribution in [2.45, 2.75) is 26.8 Å². The van der Waals surface area contributed by atoms with Gasteiger partial charge in [0, 0.05) is 22.7 Å². The summed E-state index contributed by atoms with van der Waals surface area (Å²) in [5.41, 5.74) is 2.95. The van der Waals surface area contributed by atoms with E-state index in [9.17, 15) is 10.1 Å². The van der Waals surface area contributed by atoms with Crippen LogP contribution < -0.4 is 10.1 Å². The van der Waals surface area contributed by atoms with Gasteiger partial charge in [-0.15, -0.1) is 10.2 Å². The maximum absolute atomic E-state index is 12.7. The van der Waals surface area contributed by atoms with Crippen LogP contribution in [0.5, 0.6) is 5.75 Å². The van der Waals surface area contributed by atoms with Gasteiger partial charge in [-0.1, -0.05) is 48.6 Å². The summed E-state index contributed by atoms with van der Waals surface area (Å²) in [6.45, 7) is 5.12. The molecule has 166 valence electrons. The number of benzene rings is 2. The molecule has 33 heavy (non-hydrogen) atoms. The van der Waals surface area contributed by atoms with Gasteiger partial charge in [0.05, 0.1) is 6.54 Å². The quantitative estimate of drug-likeness (QED) is 0.297. The van der Waals surface area contributed by atoms with Gasteiger partial charge in [0.15, 0.2) is 0 Å². The first-order chi connectivity index (χ1) is 16.1. The molecule has 2 aromatic heterocycles. The Morgan fingerprint density at radius 3 is 2.85 bits per heavy atom. The molecule has 0 atom stereocenters. The maximum Gasteiger partial charge on any atom is 0.268 e.